The highest BCUT2D eigenvalue weighted by molar-refractivity contribution is 5.86. The summed E-state index contributed by atoms with van der Waals surface area (Å²) in [4.78, 5) is 11.3. The van der Waals surface area contributed by atoms with Crippen LogP contribution in [0.5, 0.6) is 5.75 Å². The fourth-order valence-electron chi connectivity index (χ4n) is 2.40. The molecule has 4 heteroatoms. The molecule has 0 bridgehead atoms. The van der Waals surface area contributed by atoms with E-state index in [-0.39, 0.29) is 12.0 Å². The van der Waals surface area contributed by atoms with Gasteiger partial charge in [-0.1, -0.05) is 36.4 Å². The van der Waals surface area contributed by atoms with Gasteiger partial charge in [0.05, 0.1) is 18.9 Å². The van der Waals surface area contributed by atoms with Gasteiger partial charge in [-0.15, -0.1) is 0 Å². The Balaban J connectivity index is 2.18. The van der Waals surface area contributed by atoms with Gasteiger partial charge >= 0.3 is 5.97 Å². The minimum absolute atomic E-state index is 0.205. The largest absolute Gasteiger partial charge is 0.504 e. The van der Waals surface area contributed by atoms with E-state index >= 15 is 0 Å². The van der Waals surface area contributed by atoms with Gasteiger partial charge in [-0.25, -0.2) is 4.79 Å². The molecule has 0 atom stereocenters. The molecule has 0 radical (unpaired) electrons. The second-order valence-electron chi connectivity index (χ2n) is 5.69. The lowest BCUT2D eigenvalue weighted by Crippen LogP contribution is -2.08. The molecular formula is C20H22O4. The molecule has 0 aliphatic carbocycles. The van der Waals surface area contributed by atoms with Gasteiger partial charge in [-0.05, 0) is 42.2 Å². The highest BCUT2D eigenvalue weighted by Gasteiger charge is 2.12. The SMILES string of the molecule is CO/C=C(\Cc1ccccc1COc1cc(C)ccc1C)C(=O)O. The summed E-state index contributed by atoms with van der Waals surface area (Å²) in [7, 11) is 1.44. The molecule has 0 aliphatic rings. The first-order valence-electron chi connectivity index (χ1n) is 7.73. The fourth-order valence-corrected chi connectivity index (χ4v) is 2.40. The molecule has 0 unspecified atom stereocenters. The number of ether oxygens (including phenoxy) is 2. The molecule has 0 heterocycles. The van der Waals surface area contributed by atoms with E-state index in [1.807, 2.05) is 56.3 Å². The number of benzene rings is 2. The van der Waals surface area contributed by atoms with E-state index in [4.69, 9.17) is 9.47 Å². The van der Waals surface area contributed by atoms with E-state index in [1.165, 1.54) is 13.4 Å². The van der Waals surface area contributed by atoms with Gasteiger partial charge in [0.25, 0.3) is 0 Å². The predicted octanol–water partition coefficient (Wildman–Crippen LogP) is 4.04. The molecule has 0 amide bonds. The number of rotatable bonds is 7. The van der Waals surface area contributed by atoms with E-state index in [0.717, 1.165) is 28.0 Å². The van der Waals surface area contributed by atoms with Crippen LogP contribution in [0, 0.1) is 13.8 Å². The number of methoxy groups -OCH3 is 1. The molecular weight excluding hydrogens is 304 g/mol. The molecule has 0 spiro atoms. The number of aryl methyl sites for hydroxylation is 2. The van der Waals surface area contributed by atoms with Crippen molar-refractivity contribution in [1.82, 2.24) is 0 Å². The standard InChI is InChI=1S/C20H22O4/c1-14-8-9-15(2)19(10-14)24-13-17-7-5-4-6-16(17)11-18(12-23-3)20(21)22/h4-10,12H,11,13H2,1-3H3,(H,21,22)/b18-12+. The summed E-state index contributed by atoms with van der Waals surface area (Å²) in [6, 6.07) is 13.8. The summed E-state index contributed by atoms with van der Waals surface area (Å²) < 4.78 is 10.8. The Bertz CT molecular complexity index is 747. The predicted molar refractivity (Wildman–Crippen MR) is 93.1 cm³/mol. The van der Waals surface area contributed by atoms with Crippen LogP contribution >= 0.6 is 0 Å². The van der Waals surface area contributed by atoms with Crippen molar-refractivity contribution in [3.8, 4) is 5.75 Å². The van der Waals surface area contributed by atoms with Crippen molar-refractivity contribution in [1.29, 1.82) is 0 Å². The summed E-state index contributed by atoms with van der Waals surface area (Å²) in [6.07, 6.45) is 1.56. The first-order valence-corrected chi connectivity index (χ1v) is 7.73. The lowest BCUT2D eigenvalue weighted by molar-refractivity contribution is -0.132. The Morgan fingerprint density at radius 1 is 1.12 bits per heavy atom. The topological polar surface area (TPSA) is 55.8 Å². The summed E-state index contributed by atoms with van der Waals surface area (Å²) in [5.41, 5.74) is 4.29. The molecule has 126 valence electrons. The minimum Gasteiger partial charge on any atom is -0.504 e. The Kier molecular flexibility index (Phi) is 6.01. The van der Waals surface area contributed by atoms with Gasteiger partial charge in [-0.2, -0.15) is 0 Å². The minimum atomic E-state index is -0.984. The van der Waals surface area contributed by atoms with Crippen LogP contribution in [0.25, 0.3) is 0 Å². The average Bonchev–Trinajstić information content (AvgIpc) is 2.56. The number of hydrogen-bond donors (Lipinski definition) is 1. The van der Waals surface area contributed by atoms with Crippen molar-refractivity contribution in [2.75, 3.05) is 7.11 Å². The maximum Gasteiger partial charge on any atom is 0.335 e. The monoisotopic (exact) mass is 326 g/mol. The molecule has 2 rings (SSSR count). The van der Waals surface area contributed by atoms with Crippen LogP contribution < -0.4 is 4.74 Å². The Morgan fingerprint density at radius 3 is 2.50 bits per heavy atom. The summed E-state index contributed by atoms with van der Waals surface area (Å²) in [5.74, 6) is -0.141. The van der Waals surface area contributed by atoms with Crippen LogP contribution in [-0.4, -0.2) is 18.2 Å². The van der Waals surface area contributed by atoms with E-state index < -0.39 is 5.97 Å². The van der Waals surface area contributed by atoms with Crippen molar-refractivity contribution in [2.24, 2.45) is 0 Å². The zero-order valence-electron chi connectivity index (χ0n) is 14.2. The highest BCUT2D eigenvalue weighted by atomic mass is 16.5. The van der Waals surface area contributed by atoms with Crippen molar-refractivity contribution in [3.63, 3.8) is 0 Å². The third-order valence-electron chi connectivity index (χ3n) is 3.76. The van der Waals surface area contributed by atoms with Gasteiger partial charge in [0.15, 0.2) is 0 Å². The van der Waals surface area contributed by atoms with Gasteiger partial charge in [0, 0.05) is 6.42 Å². The zero-order chi connectivity index (χ0) is 17.5. The van der Waals surface area contributed by atoms with E-state index in [9.17, 15) is 9.90 Å². The van der Waals surface area contributed by atoms with Crippen LogP contribution in [0.15, 0.2) is 54.3 Å². The Morgan fingerprint density at radius 2 is 1.83 bits per heavy atom. The van der Waals surface area contributed by atoms with Crippen molar-refractivity contribution >= 4 is 5.97 Å². The van der Waals surface area contributed by atoms with Crippen LogP contribution in [0.3, 0.4) is 0 Å². The lowest BCUT2D eigenvalue weighted by atomic mass is 10.0. The van der Waals surface area contributed by atoms with Crippen LogP contribution in [-0.2, 0) is 22.6 Å². The highest BCUT2D eigenvalue weighted by Crippen LogP contribution is 2.22. The second kappa shape index (κ2) is 8.20. The molecule has 0 fully saturated rings. The van der Waals surface area contributed by atoms with Crippen LogP contribution in [0.4, 0.5) is 0 Å². The smallest absolute Gasteiger partial charge is 0.335 e. The second-order valence-corrected chi connectivity index (χ2v) is 5.69. The summed E-state index contributed by atoms with van der Waals surface area (Å²) in [6.45, 7) is 4.42. The van der Waals surface area contributed by atoms with E-state index in [0.29, 0.717) is 6.61 Å². The maximum absolute atomic E-state index is 11.3. The third-order valence-corrected chi connectivity index (χ3v) is 3.76. The van der Waals surface area contributed by atoms with E-state index in [2.05, 4.69) is 0 Å². The number of aliphatic carboxylic acids is 1. The Labute approximate surface area is 142 Å². The quantitative estimate of drug-likeness (QED) is 0.616. The molecule has 24 heavy (non-hydrogen) atoms. The number of carbonyl (C=O) groups is 1. The molecule has 2 aromatic carbocycles. The van der Waals surface area contributed by atoms with Crippen molar-refractivity contribution in [3.05, 3.63) is 76.6 Å². The van der Waals surface area contributed by atoms with Crippen LogP contribution in [0.2, 0.25) is 0 Å². The number of hydrogen-bond acceptors (Lipinski definition) is 3. The molecule has 0 aliphatic heterocycles. The maximum atomic E-state index is 11.3. The summed E-state index contributed by atoms with van der Waals surface area (Å²) >= 11 is 0. The Hall–Kier alpha value is -2.75. The molecule has 0 aromatic heterocycles. The third kappa shape index (κ3) is 4.62. The first-order chi connectivity index (χ1) is 11.5. The average molecular weight is 326 g/mol. The van der Waals surface area contributed by atoms with E-state index in [1.54, 1.807) is 0 Å². The van der Waals surface area contributed by atoms with Gasteiger partial charge in [0.1, 0.15) is 12.4 Å². The van der Waals surface area contributed by atoms with Crippen molar-refractivity contribution in [2.45, 2.75) is 26.9 Å². The molecule has 1 N–H and O–H groups in total. The van der Waals surface area contributed by atoms with Gasteiger partial charge < -0.3 is 14.6 Å². The molecule has 0 saturated carbocycles. The van der Waals surface area contributed by atoms with Crippen molar-refractivity contribution < 1.29 is 19.4 Å². The normalized spacial score (nSPS) is 11.2. The molecule has 2 aromatic rings. The van der Waals surface area contributed by atoms with Gasteiger partial charge in [-0.3, -0.25) is 0 Å². The summed E-state index contributed by atoms with van der Waals surface area (Å²) in [5, 5.41) is 9.25. The molecule has 0 saturated heterocycles. The fraction of sp³-hybridized carbons (Fsp3) is 0.250. The molecule has 4 nitrogen and oxygen atoms in total. The van der Waals surface area contributed by atoms with Gasteiger partial charge in [0.2, 0.25) is 0 Å². The number of carboxylic acid groups (broad SMARTS) is 1. The van der Waals surface area contributed by atoms with Crippen LogP contribution in [0.1, 0.15) is 22.3 Å². The lowest BCUT2D eigenvalue weighted by Gasteiger charge is -2.13. The zero-order valence-corrected chi connectivity index (χ0v) is 14.2. The first kappa shape index (κ1) is 17.6. The number of carboxylic acids is 1.